The number of ether oxygens (including phenoxy) is 3. The Bertz CT molecular complexity index is 5340. The molecule has 0 saturated carbocycles. The third kappa shape index (κ3) is 24.1. The number of benzene rings is 5. The number of aromatic amines is 1. The van der Waals surface area contributed by atoms with Gasteiger partial charge >= 0.3 is 63.3 Å². The maximum Gasteiger partial charge on any atom is 1.00 e. The first-order chi connectivity index (χ1) is 53.5. The normalized spacial score (nSPS) is 12.2. The molecule has 25 nitrogen and oxygen atoms in total. The van der Waals surface area contributed by atoms with E-state index in [0.717, 1.165) is 122 Å². The summed E-state index contributed by atoms with van der Waals surface area (Å²) in [7, 11) is 10.6. The second-order valence-electron chi connectivity index (χ2n) is 27.3. The molecule has 8 aromatic heterocycles. The van der Waals surface area contributed by atoms with E-state index in [-0.39, 0.29) is 63.7 Å². The third-order valence-electron chi connectivity index (χ3n) is 17.2. The van der Waals surface area contributed by atoms with Crippen LogP contribution in [0.4, 0.5) is 0 Å². The topological polar surface area (TPSA) is 315 Å². The molecule has 13 aromatic rings. The zero-order valence-corrected chi connectivity index (χ0v) is 69.5. The van der Waals surface area contributed by atoms with E-state index < -0.39 is 40.9 Å². The van der Waals surface area contributed by atoms with Gasteiger partial charge in [0.15, 0.2) is 0 Å². The zero-order valence-electron chi connectivity index (χ0n) is 64.8. The van der Waals surface area contributed by atoms with Gasteiger partial charge in [-0.2, -0.15) is 10.2 Å². The molecule has 2 aliphatic rings. The number of primary amides is 1. The second-order valence-corrected chi connectivity index (χ2v) is 27.8. The molecule has 1 fully saturated rings. The van der Waals surface area contributed by atoms with Crippen LogP contribution in [0, 0.1) is 0 Å². The Labute approximate surface area is 701 Å². The zero-order chi connectivity index (χ0) is 79.6. The Hall–Kier alpha value is -10.3. The van der Waals surface area contributed by atoms with Crippen LogP contribution >= 0.6 is 15.9 Å². The van der Waals surface area contributed by atoms with Gasteiger partial charge in [0.25, 0.3) is 23.4 Å². The van der Waals surface area contributed by atoms with Crippen molar-refractivity contribution in [1.29, 1.82) is 0 Å². The molecule has 576 valence electrons. The van der Waals surface area contributed by atoms with Crippen molar-refractivity contribution in [2.75, 3.05) is 68.7 Å². The van der Waals surface area contributed by atoms with E-state index in [1.54, 1.807) is 64.0 Å². The summed E-state index contributed by atoms with van der Waals surface area (Å²) in [6.45, 7) is 11.0. The molecule has 0 spiro atoms. The van der Waals surface area contributed by atoms with E-state index in [9.17, 15) is 38.7 Å². The fraction of sp³-hybridized carbons (Fsp3) is 0.271. The number of carbonyl (C=O) groups excluding carboxylic acids is 7. The van der Waals surface area contributed by atoms with Crippen molar-refractivity contribution in [3.05, 3.63) is 253 Å². The molecule has 15 rings (SSSR count). The number of aromatic nitrogens is 10. The molecule has 0 aliphatic carbocycles. The standard InChI is InChI=1S/C29H26N6O2.C17H14N2O3.C14H20N4O.C11H9NO3.C6H6BrN.C4H8O.C4H9O.K/c1-33(2)16-7-17-35-24-11-6-4-9-21(24)27(32-35)26-25(28(36)31-29(26)37)22-18-34(19-12-14-30-15-13-19)23-10-5-3-8-20(22)23;1-22-17(21)16(20)14-11-19(10-12-5-4-8-18-9-12)15-7-3-2-6-13(14)15;1-17(2)8-5-9-18-13-7-4-3-6-11(13)12(16-18)10-14(15)19;1-15-11(14)10(13)8-6-12-9-5-3-2-4-7(8)9;7-4-6-2-1-3-8-5-6;1-2-4-5-3-1;1-4(2,3)5;/h3-6,8-15,18H,7,16-17H2,1-2H3,(H,31,36,37);2-9,11H,10H2,1H3;3-4,6-7H,5,8-10H2,1-2H3,(H2,15,19);2-6,12H,1H3;1-3,5H,4H2;1-4H2;1-3H3;/q;;;;;;-1;+1. The number of fused-ring (bicyclic) bond motifs is 5. The quantitative estimate of drug-likeness (QED) is 0.0160. The average Bonchev–Trinajstić information content (AvgIpc) is 1.58. The molecule has 0 atom stereocenters. The van der Waals surface area contributed by atoms with Crippen LogP contribution in [0.2, 0.25) is 0 Å². The summed E-state index contributed by atoms with van der Waals surface area (Å²) < 4.78 is 21.7. The number of pyridine rings is 3. The van der Waals surface area contributed by atoms with Crippen LogP contribution in [-0.2, 0) is 69.6 Å². The Balaban J connectivity index is 0.000000181. The number of amides is 3. The fourth-order valence-corrected chi connectivity index (χ4v) is 12.5. The van der Waals surface area contributed by atoms with Gasteiger partial charge in [0.1, 0.15) is 5.69 Å². The van der Waals surface area contributed by atoms with Crippen molar-refractivity contribution in [3.63, 3.8) is 0 Å². The van der Waals surface area contributed by atoms with Crippen LogP contribution in [0.3, 0.4) is 0 Å². The van der Waals surface area contributed by atoms with E-state index in [2.05, 4.69) is 79.7 Å². The van der Waals surface area contributed by atoms with Gasteiger partial charge in [-0.15, -0.1) is 5.60 Å². The number of H-pyrrole nitrogens is 1. The Morgan fingerprint density at radius 3 is 1.62 bits per heavy atom. The largest absolute Gasteiger partial charge is 1.00 e. The number of esters is 2. The van der Waals surface area contributed by atoms with E-state index in [1.165, 1.54) is 38.8 Å². The van der Waals surface area contributed by atoms with Crippen molar-refractivity contribution < 1.29 is 104 Å². The van der Waals surface area contributed by atoms with E-state index in [4.69, 9.17) is 15.6 Å². The van der Waals surface area contributed by atoms with Gasteiger partial charge in [0.2, 0.25) is 5.91 Å². The van der Waals surface area contributed by atoms with Gasteiger partial charge in [-0.3, -0.25) is 53.6 Å². The van der Waals surface area contributed by atoms with Gasteiger partial charge < -0.3 is 49.0 Å². The number of hydrogen-bond acceptors (Lipinski definition) is 18. The SMILES string of the molecule is BrCc1cccnc1.C1CCOC1.CC(C)(C)[O-].CN(C)CCCn1nc(C2=C(c3cn(-c4ccncc4)c4ccccc34)C(=O)NC2=O)c2ccccc21.CN(C)CCCn1nc(CC(N)=O)c2ccccc21.COC(=O)C(=O)c1c[nH]c2ccccc12.COC(=O)C(=O)c1cn(Cc2cccnc2)c2ccccc12.[K+]. The predicted molar refractivity (Wildman–Crippen MR) is 433 cm³/mol. The minimum Gasteiger partial charge on any atom is -0.850 e. The minimum absolute atomic E-state index is 0. The molecular formula is C85H92BrKN14O11. The number of aryl methyl sites for hydroxylation is 2. The van der Waals surface area contributed by atoms with E-state index in [1.807, 2.05) is 197 Å². The van der Waals surface area contributed by atoms with Crippen LogP contribution in [0.25, 0.3) is 71.3 Å². The van der Waals surface area contributed by atoms with Crippen molar-refractivity contribution in [2.45, 2.75) is 83.4 Å². The number of alkyl halides is 1. The first-order valence-electron chi connectivity index (χ1n) is 36.1. The molecule has 10 heterocycles. The van der Waals surface area contributed by atoms with E-state index >= 15 is 0 Å². The summed E-state index contributed by atoms with van der Waals surface area (Å²) in [5.41, 5.74) is 15.7. The van der Waals surface area contributed by atoms with Gasteiger partial charge in [-0.25, -0.2) is 9.59 Å². The number of nitrogens with one attached hydrogen (secondary N) is 2. The Morgan fingerprint density at radius 2 is 1.08 bits per heavy atom. The van der Waals surface area contributed by atoms with Crippen LogP contribution < -0.4 is 67.5 Å². The van der Waals surface area contributed by atoms with Crippen molar-refractivity contribution in [3.8, 4) is 5.69 Å². The fourth-order valence-electron chi connectivity index (χ4n) is 12.2. The molecule has 2 aliphatic heterocycles. The molecule has 112 heavy (non-hydrogen) atoms. The maximum atomic E-state index is 13.3. The molecule has 4 N–H and O–H groups in total. The number of halogens is 1. The number of carbonyl (C=O) groups is 7. The molecule has 0 radical (unpaired) electrons. The van der Waals surface area contributed by atoms with Crippen LogP contribution in [0.5, 0.6) is 0 Å². The van der Waals surface area contributed by atoms with Crippen LogP contribution in [0.15, 0.2) is 213 Å². The number of methoxy groups -OCH3 is 2. The van der Waals surface area contributed by atoms with Gasteiger partial charge in [-0.05, 0) is 133 Å². The minimum atomic E-state index is -0.857. The summed E-state index contributed by atoms with van der Waals surface area (Å²) in [6, 6.07) is 50.1. The first-order valence-corrected chi connectivity index (χ1v) is 37.2. The number of Topliss-reactive ketones (excluding diaryl/α,β-unsaturated/α-hetero) is 2. The summed E-state index contributed by atoms with van der Waals surface area (Å²) in [5, 5.41) is 27.2. The predicted octanol–water partition coefficient (Wildman–Crippen LogP) is 8.80. The number of rotatable bonds is 20. The summed E-state index contributed by atoms with van der Waals surface area (Å²) in [5.74, 6) is -4.15. The summed E-state index contributed by atoms with van der Waals surface area (Å²) in [4.78, 5) is 103. The number of ketones is 2. The number of nitrogens with zero attached hydrogens (tertiary/aromatic N) is 11. The molecule has 0 bridgehead atoms. The monoisotopic (exact) mass is 1600 g/mol. The summed E-state index contributed by atoms with van der Waals surface area (Å²) in [6.07, 6.45) is 20.4. The third-order valence-corrected chi connectivity index (χ3v) is 17.8. The molecular weight excluding hydrogens is 1510 g/mol. The molecule has 5 aromatic carbocycles. The Kier molecular flexibility index (Phi) is 33.5. The van der Waals surface area contributed by atoms with Gasteiger partial charge in [0.05, 0.1) is 65.2 Å². The van der Waals surface area contributed by atoms with Crippen LogP contribution in [0.1, 0.15) is 95.2 Å². The maximum absolute atomic E-state index is 13.3. The smallest absolute Gasteiger partial charge is 0.850 e. The Morgan fingerprint density at radius 1 is 0.580 bits per heavy atom. The molecule has 1 saturated heterocycles. The number of hydrogen-bond donors (Lipinski definition) is 3. The second kappa shape index (κ2) is 42.9. The first kappa shape index (κ1) is 87.3. The van der Waals surface area contributed by atoms with Gasteiger partial charge in [0, 0.05) is 143 Å². The molecule has 0 unspecified atom stereocenters. The number of imide groups is 1. The number of nitrogens with two attached hydrogens (primary N) is 1. The molecule has 27 heteroatoms. The van der Waals surface area contributed by atoms with Gasteiger partial charge in [-0.1, -0.05) is 140 Å². The van der Waals surface area contributed by atoms with Crippen molar-refractivity contribution in [2.24, 2.45) is 5.73 Å². The number of para-hydroxylation sites is 5. The average molecular weight is 1600 g/mol. The molecule has 3 amide bonds. The van der Waals surface area contributed by atoms with Crippen molar-refractivity contribution >= 4 is 123 Å². The van der Waals surface area contributed by atoms with E-state index in [0.29, 0.717) is 46.6 Å². The van der Waals surface area contributed by atoms with Crippen molar-refractivity contribution in [1.82, 2.24) is 63.7 Å². The van der Waals surface area contributed by atoms with Crippen LogP contribution in [-0.4, -0.2) is 174 Å². The summed E-state index contributed by atoms with van der Waals surface area (Å²) >= 11 is 3.32.